The van der Waals surface area contributed by atoms with Crippen molar-refractivity contribution in [3.8, 4) is 0 Å². The predicted molar refractivity (Wildman–Crippen MR) is 56.6 cm³/mol. The van der Waals surface area contributed by atoms with Crippen LogP contribution in [0.4, 0.5) is 5.69 Å². The number of benzene rings is 1. The number of aryl methyl sites for hydroxylation is 2. The van der Waals surface area contributed by atoms with Crippen LogP contribution in [0.1, 0.15) is 11.1 Å². The van der Waals surface area contributed by atoms with Crippen molar-refractivity contribution in [1.29, 1.82) is 0 Å². The van der Waals surface area contributed by atoms with Crippen LogP contribution in [0.3, 0.4) is 0 Å². The molecule has 1 aliphatic rings. The van der Waals surface area contributed by atoms with E-state index in [1.165, 1.54) is 16.8 Å². The van der Waals surface area contributed by atoms with Gasteiger partial charge in [0.2, 0.25) is 0 Å². The Labute approximate surface area is 78.9 Å². The molecule has 0 fully saturated rings. The van der Waals surface area contributed by atoms with Gasteiger partial charge in [-0.3, -0.25) is 4.99 Å². The largest absolute Gasteiger partial charge is 0.330 e. The summed E-state index contributed by atoms with van der Waals surface area (Å²) in [5.74, 6) is 0. The van der Waals surface area contributed by atoms with E-state index in [0.717, 1.165) is 13.1 Å². The second-order valence-corrected chi connectivity index (χ2v) is 3.46. The van der Waals surface area contributed by atoms with Crippen LogP contribution in [-0.2, 0) is 0 Å². The third-order valence-corrected chi connectivity index (χ3v) is 2.42. The molecule has 0 aromatic heterocycles. The molecule has 0 bridgehead atoms. The van der Waals surface area contributed by atoms with E-state index in [9.17, 15) is 0 Å². The second-order valence-electron chi connectivity index (χ2n) is 3.46. The lowest BCUT2D eigenvalue weighted by atomic mass is 10.1. The minimum atomic E-state index is 0.924. The summed E-state index contributed by atoms with van der Waals surface area (Å²) in [7, 11) is 0. The van der Waals surface area contributed by atoms with Crippen LogP contribution < -0.4 is 4.90 Å². The minimum Gasteiger partial charge on any atom is -0.330 e. The van der Waals surface area contributed by atoms with Gasteiger partial charge in [0, 0.05) is 12.2 Å². The Kier molecular flexibility index (Phi) is 2.05. The van der Waals surface area contributed by atoms with Crippen molar-refractivity contribution in [2.24, 2.45) is 4.99 Å². The molecule has 0 saturated carbocycles. The molecule has 0 spiro atoms. The predicted octanol–water partition coefficient (Wildman–Crippen LogP) is 2.15. The molecule has 1 aromatic carbocycles. The topological polar surface area (TPSA) is 15.6 Å². The standard InChI is InChI=1S/C11H14N2/c1-9-4-3-5-10(2)11(9)13-7-6-12-8-13/h3-5,8H,6-7H2,1-2H3. The fourth-order valence-corrected chi connectivity index (χ4v) is 1.81. The monoisotopic (exact) mass is 174 g/mol. The van der Waals surface area contributed by atoms with E-state index < -0.39 is 0 Å². The summed E-state index contributed by atoms with van der Waals surface area (Å²) in [5, 5.41) is 0. The van der Waals surface area contributed by atoms with Crippen molar-refractivity contribution < 1.29 is 0 Å². The molecule has 0 aliphatic carbocycles. The van der Waals surface area contributed by atoms with Crippen molar-refractivity contribution >= 4 is 12.0 Å². The smallest absolute Gasteiger partial charge is 0.0895 e. The van der Waals surface area contributed by atoms with Crippen LogP contribution in [0, 0.1) is 13.8 Å². The van der Waals surface area contributed by atoms with E-state index in [0.29, 0.717) is 0 Å². The summed E-state index contributed by atoms with van der Waals surface area (Å²) < 4.78 is 0. The summed E-state index contributed by atoms with van der Waals surface area (Å²) in [6.45, 7) is 6.24. The first-order valence-electron chi connectivity index (χ1n) is 4.62. The Hall–Kier alpha value is -1.31. The Morgan fingerprint density at radius 3 is 2.46 bits per heavy atom. The molecule has 2 heteroatoms. The number of hydrogen-bond acceptors (Lipinski definition) is 2. The van der Waals surface area contributed by atoms with Crippen molar-refractivity contribution in [2.75, 3.05) is 18.0 Å². The van der Waals surface area contributed by atoms with Gasteiger partial charge in [-0.05, 0) is 25.0 Å². The molecule has 13 heavy (non-hydrogen) atoms. The highest BCUT2D eigenvalue weighted by molar-refractivity contribution is 5.83. The quantitative estimate of drug-likeness (QED) is 0.637. The first-order chi connectivity index (χ1) is 6.29. The zero-order valence-corrected chi connectivity index (χ0v) is 8.12. The molecule has 68 valence electrons. The first kappa shape index (κ1) is 8.30. The number of anilines is 1. The van der Waals surface area contributed by atoms with Gasteiger partial charge in [0.1, 0.15) is 0 Å². The van der Waals surface area contributed by atoms with Crippen LogP contribution in [-0.4, -0.2) is 19.4 Å². The van der Waals surface area contributed by atoms with Gasteiger partial charge in [-0.15, -0.1) is 0 Å². The maximum absolute atomic E-state index is 4.22. The maximum Gasteiger partial charge on any atom is 0.0895 e. The third kappa shape index (κ3) is 1.44. The molecular formula is C11H14N2. The number of hydrogen-bond donors (Lipinski definition) is 0. The molecule has 0 radical (unpaired) electrons. The van der Waals surface area contributed by atoms with Crippen LogP contribution in [0.15, 0.2) is 23.2 Å². The van der Waals surface area contributed by atoms with Crippen molar-refractivity contribution in [2.45, 2.75) is 13.8 Å². The first-order valence-corrected chi connectivity index (χ1v) is 4.62. The SMILES string of the molecule is Cc1cccc(C)c1N1C=NCC1. The minimum absolute atomic E-state index is 0.924. The highest BCUT2D eigenvalue weighted by atomic mass is 15.2. The van der Waals surface area contributed by atoms with Crippen molar-refractivity contribution in [3.05, 3.63) is 29.3 Å². The normalized spacial score (nSPS) is 15.4. The van der Waals surface area contributed by atoms with E-state index in [-0.39, 0.29) is 0 Å². The lowest BCUT2D eigenvalue weighted by Gasteiger charge is -2.19. The van der Waals surface area contributed by atoms with Gasteiger partial charge in [0.05, 0.1) is 12.9 Å². The third-order valence-electron chi connectivity index (χ3n) is 2.42. The molecule has 1 heterocycles. The van der Waals surface area contributed by atoms with E-state index in [1.807, 2.05) is 6.34 Å². The highest BCUT2D eigenvalue weighted by Gasteiger charge is 2.12. The van der Waals surface area contributed by atoms with Crippen LogP contribution >= 0.6 is 0 Å². The Morgan fingerprint density at radius 1 is 1.23 bits per heavy atom. The molecule has 1 aromatic rings. The summed E-state index contributed by atoms with van der Waals surface area (Å²) in [5.41, 5.74) is 3.98. The highest BCUT2D eigenvalue weighted by Crippen LogP contribution is 2.24. The number of para-hydroxylation sites is 1. The summed E-state index contributed by atoms with van der Waals surface area (Å²) >= 11 is 0. The number of rotatable bonds is 1. The summed E-state index contributed by atoms with van der Waals surface area (Å²) in [6, 6.07) is 6.39. The lowest BCUT2D eigenvalue weighted by Crippen LogP contribution is -2.20. The number of aliphatic imine (C=N–C) groups is 1. The van der Waals surface area contributed by atoms with Crippen LogP contribution in [0.2, 0.25) is 0 Å². The zero-order valence-electron chi connectivity index (χ0n) is 8.12. The Morgan fingerprint density at radius 2 is 1.92 bits per heavy atom. The van der Waals surface area contributed by atoms with Crippen LogP contribution in [0.25, 0.3) is 0 Å². The van der Waals surface area contributed by atoms with Gasteiger partial charge < -0.3 is 4.90 Å². The zero-order chi connectivity index (χ0) is 9.26. The van der Waals surface area contributed by atoms with Gasteiger partial charge in [0.25, 0.3) is 0 Å². The van der Waals surface area contributed by atoms with Gasteiger partial charge >= 0.3 is 0 Å². The van der Waals surface area contributed by atoms with Gasteiger partial charge in [-0.25, -0.2) is 0 Å². The average Bonchev–Trinajstić information content (AvgIpc) is 2.57. The van der Waals surface area contributed by atoms with Crippen molar-refractivity contribution in [1.82, 2.24) is 0 Å². The molecule has 0 N–H and O–H groups in total. The maximum atomic E-state index is 4.22. The van der Waals surface area contributed by atoms with Gasteiger partial charge in [0.15, 0.2) is 0 Å². The molecule has 2 rings (SSSR count). The summed E-state index contributed by atoms with van der Waals surface area (Å²) in [4.78, 5) is 6.45. The van der Waals surface area contributed by atoms with Gasteiger partial charge in [-0.2, -0.15) is 0 Å². The molecule has 0 unspecified atom stereocenters. The van der Waals surface area contributed by atoms with E-state index in [4.69, 9.17) is 0 Å². The van der Waals surface area contributed by atoms with E-state index >= 15 is 0 Å². The summed E-state index contributed by atoms with van der Waals surface area (Å²) in [6.07, 6.45) is 1.94. The molecule has 0 amide bonds. The Bertz CT molecular complexity index is 322. The van der Waals surface area contributed by atoms with Gasteiger partial charge in [-0.1, -0.05) is 18.2 Å². The molecule has 0 atom stereocenters. The second kappa shape index (κ2) is 3.21. The van der Waals surface area contributed by atoms with Crippen LogP contribution in [0.5, 0.6) is 0 Å². The van der Waals surface area contributed by atoms with E-state index in [1.54, 1.807) is 0 Å². The lowest BCUT2D eigenvalue weighted by molar-refractivity contribution is 1.01. The average molecular weight is 174 g/mol. The van der Waals surface area contributed by atoms with Crippen molar-refractivity contribution in [3.63, 3.8) is 0 Å². The van der Waals surface area contributed by atoms with E-state index in [2.05, 4.69) is 41.9 Å². The fourth-order valence-electron chi connectivity index (χ4n) is 1.81. The molecule has 0 saturated heterocycles. The molecule has 1 aliphatic heterocycles. The molecular weight excluding hydrogens is 160 g/mol. The fraction of sp³-hybridized carbons (Fsp3) is 0.364. The Balaban J connectivity index is 2.43. The number of nitrogens with zero attached hydrogens (tertiary/aromatic N) is 2. The molecule has 2 nitrogen and oxygen atoms in total.